The fourth-order valence-corrected chi connectivity index (χ4v) is 2.69. The predicted octanol–water partition coefficient (Wildman–Crippen LogP) is 2.61. The Kier molecular flexibility index (Phi) is 3.12. The van der Waals surface area contributed by atoms with Crippen molar-refractivity contribution in [2.75, 3.05) is 0 Å². The quantitative estimate of drug-likeness (QED) is 0.913. The Labute approximate surface area is 105 Å². The minimum absolute atomic E-state index is 0.113. The van der Waals surface area contributed by atoms with Crippen LogP contribution in [0.15, 0.2) is 41.3 Å². The van der Waals surface area contributed by atoms with Gasteiger partial charge in [0.25, 0.3) is 0 Å². The van der Waals surface area contributed by atoms with Crippen molar-refractivity contribution < 1.29 is 13.5 Å². The topological polar surface area (TPSA) is 54.4 Å². The summed E-state index contributed by atoms with van der Waals surface area (Å²) in [6.07, 6.45) is 0. The first-order valence-corrected chi connectivity index (χ1v) is 6.95. The van der Waals surface area contributed by atoms with E-state index in [2.05, 4.69) is 0 Å². The molecule has 0 fully saturated rings. The number of fused-ring (bicyclic) bond motifs is 1. The van der Waals surface area contributed by atoms with E-state index in [1.165, 1.54) is 19.1 Å². The predicted molar refractivity (Wildman–Crippen MR) is 67.8 cm³/mol. The average Bonchev–Trinajstić information content (AvgIpc) is 2.28. The third-order valence-electron chi connectivity index (χ3n) is 2.55. The van der Waals surface area contributed by atoms with E-state index in [0.29, 0.717) is 5.02 Å². The van der Waals surface area contributed by atoms with Crippen LogP contribution < -0.4 is 0 Å². The number of rotatable bonds is 2. The number of hydrogen-bond acceptors (Lipinski definition) is 3. The van der Waals surface area contributed by atoms with Crippen LogP contribution in [0.3, 0.4) is 0 Å². The van der Waals surface area contributed by atoms with Crippen molar-refractivity contribution in [2.24, 2.45) is 0 Å². The van der Waals surface area contributed by atoms with Crippen LogP contribution in [0.1, 0.15) is 6.92 Å². The molecule has 0 spiro atoms. The van der Waals surface area contributed by atoms with Crippen molar-refractivity contribution in [3.05, 3.63) is 41.4 Å². The van der Waals surface area contributed by atoms with Gasteiger partial charge in [-0.2, -0.15) is 0 Å². The van der Waals surface area contributed by atoms with Crippen LogP contribution in [0.2, 0.25) is 5.02 Å². The Bertz CT molecular complexity index is 663. The standard InChI is InChI=1S/C12H11ClO3S/c1-8(14)17(15,16)12-5-3-9-6-11(13)4-2-10(9)7-12/h2-8,14H,1H3. The van der Waals surface area contributed by atoms with Crippen molar-refractivity contribution in [3.8, 4) is 0 Å². The molecule has 2 aromatic rings. The van der Waals surface area contributed by atoms with E-state index in [1.807, 2.05) is 0 Å². The number of aliphatic hydroxyl groups is 1. The molecule has 0 saturated heterocycles. The lowest BCUT2D eigenvalue weighted by atomic mass is 10.1. The van der Waals surface area contributed by atoms with Crippen LogP contribution in [-0.2, 0) is 9.84 Å². The summed E-state index contributed by atoms with van der Waals surface area (Å²) in [4.78, 5) is 0.113. The summed E-state index contributed by atoms with van der Waals surface area (Å²) < 4.78 is 23.5. The smallest absolute Gasteiger partial charge is 0.204 e. The molecule has 90 valence electrons. The van der Waals surface area contributed by atoms with Gasteiger partial charge in [-0.3, -0.25) is 0 Å². The fraction of sp³-hybridized carbons (Fsp3) is 0.167. The highest BCUT2D eigenvalue weighted by atomic mass is 35.5. The van der Waals surface area contributed by atoms with Gasteiger partial charge in [0.15, 0.2) is 5.44 Å². The summed E-state index contributed by atoms with van der Waals surface area (Å²) in [5.74, 6) is 0. The molecule has 1 N–H and O–H groups in total. The van der Waals surface area contributed by atoms with Crippen LogP contribution in [-0.4, -0.2) is 19.0 Å². The monoisotopic (exact) mass is 270 g/mol. The van der Waals surface area contributed by atoms with Gasteiger partial charge in [0.05, 0.1) is 4.90 Å². The maximum atomic E-state index is 11.8. The second-order valence-electron chi connectivity index (χ2n) is 3.80. The van der Waals surface area contributed by atoms with Crippen molar-refractivity contribution in [1.29, 1.82) is 0 Å². The van der Waals surface area contributed by atoms with Crippen molar-refractivity contribution >= 4 is 32.2 Å². The molecular formula is C12H11ClO3S. The maximum absolute atomic E-state index is 11.8. The second-order valence-corrected chi connectivity index (χ2v) is 6.48. The van der Waals surface area contributed by atoms with E-state index in [4.69, 9.17) is 11.6 Å². The van der Waals surface area contributed by atoms with Gasteiger partial charge < -0.3 is 5.11 Å². The van der Waals surface area contributed by atoms with Crippen LogP contribution in [0.5, 0.6) is 0 Å². The van der Waals surface area contributed by atoms with Gasteiger partial charge in [-0.05, 0) is 42.0 Å². The Morgan fingerprint density at radius 2 is 1.71 bits per heavy atom. The highest BCUT2D eigenvalue weighted by Crippen LogP contribution is 2.24. The zero-order chi connectivity index (χ0) is 12.6. The average molecular weight is 271 g/mol. The molecule has 0 saturated carbocycles. The van der Waals surface area contributed by atoms with Crippen molar-refractivity contribution in [2.45, 2.75) is 17.3 Å². The molecule has 5 heteroatoms. The number of aliphatic hydroxyl groups excluding tert-OH is 1. The number of halogens is 1. The molecule has 3 nitrogen and oxygen atoms in total. The third kappa shape index (κ3) is 2.29. The molecule has 1 atom stereocenters. The Balaban J connectivity index is 2.64. The summed E-state index contributed by atoms with van der Waals surface area (Å²) in [5.41, 5.74) is -1.41. The minimum Gasteiger partial charge on any atom is -0.377 e. The molecule has 0 aliphatic carbocycles. The van der Waals surface area contributed by atoms with Gasteiger partial charge in [0.2, 0.25) is 9.84 Å². The molecule has 0 heterocycles. The second kappa shape index (κ2) is 4.29. The Hall–Kier alpha value is -1.10. The van der Waals surface area contributed by atoms with Gasteiger partial charge in [0.1, 0.15) is 0 Å². The van der Waals surface area contributed by atoms with E-state index in [-0.39, 0.29) is 4.90 Å². The van der Waals surface area contributed by atoms with Crippen LogP contribution in [0, 0.1) is 0 Å². The summed E-state index contributed by atoms with van der Waals surface area (Å²) in [5, 5.41) is 11.5. The molecule has 17 heavy (non-hydrogen) atoms. The molecule has 0 aliphatic heterocycles. The number of hydrogen-bond donors (Lipinski definition) is 1. The van der Waals surface area contributed by atoms with E-state index < -0.39 is 15.3 Å². The maximum Gasteiger partial charge on any atom is 0.204 e. The Morgan fingerprint density at radius 1 is 1.12 bits per heavy atom. The molecule has 0 radical (unpaired) electrons. The lowest BCUT2D eigenvalue weighted by Gasteiger charge is -2.08. The molecule has 0 aromatic heterocycles. The van der Waals surface area contributed by atoms with Gasteiger partial charge in [-0.1, -0.05) is 23.7 Å². The molecule has 2 rings (SSSR count). The van der Waals surface area contributed by atoms with Crippen LogP contribution in [0.4, 0.5) is 0 Å². The van der Waals surface area contributed by atoms with Gasteiger partial charge in [0, 0.05) is 5.02 Å². The van der Waals surface area contributed by atoms with Crippen molar-refractivity contribution in [1.82, 2.24) is 0 Å². The molecule has 0 bridgehead atoms. The minimum atomic E-state index is -3.66. The van der Waals surface area contributed by atoms with E-state index in [1.54, 1.807) is 24.3 Å². The van der Waals surface area contributed by atoms with E-state index >= 15 is 0 Å². The Morgan fingerprint density at radius 3 is 2.35 bits per heavy atom. The number of benzene rings is 2. The van der Waals surface area contributed by atoms with Crippen LogP contribution >= 0.6 is 11.6 Å². The normalized spacial score (nSPS) is 13.8. The summed E-state index contributed by atoms with van der Waals surface area (Å²) in [6, 6.07) is 9.89. The first-order valence-electron chi connectivity index (χ1n) is 5.02. The van der Waals surface area contributed by atoms with Gasteiger partial charge >= 0.3 is 0 Å². The summed E-state index contributed by atoms with van der Waals surface area (Å²) >= 11 is 5.84. The van der Waals surface area contributed by atoms with Crippen molar-refractivity contribution in [3.63, 3.8) is 0 Å². The zero-order valence-corrected chi connectivity index (χ0v) is 10.7. The van der Waals surface area contributed by atoms with Gasteiger partial charge in [-0.15, -0.1) is 0 Å². The molecular weight excluding hydrogens is 260 g/mol. The first kappa shape index (κ1) is 12.4. The lowest BCUT2D eigenvalue weighted by molar-refractivity contribution is 0.268. The van der Waals surface area contributed by atoms with E-state index in [0.717, 1.165) is 10.8 Å². The highest BCUT2D eigenvalue weighted by Gasteiger charge is 2.20. The van der Waals surface area contributed by atoms with E-state index in [9.17, 15) is 13.5 Å². The third-order valence-corrected chi connectivity index (χ3v) is 4.60. The molecule has 1 unspecified atom stereocenters. The SMILES string of the molecule is CC(O)S(=O)(=O)c1ccc2cc(Cl)ccc2c1. The largest absolute Gasteiger partial charge is 0.377 e. The molecule has 2 aromatic carbocycles. The highest BCUT2D eigenvalue weighted by molar-refractivity contribution is 7.91. The molecule has 0 aliphatic rings. The summed E-state index contributed by atoms with van der Waals surface area (Å²) in [6.45, 7) is 1.24. The lowest BCUT2D eigenvalue weighted by Crippen LogP contribution is -2.16. The summed E-state index contributed by atoms with van der Waals surface area (Å²) in [7, 11) is -3.66. The van der Waals surface area contributed by atoms with Crippen LogP contribution in [0.25, 0.3) is 10.8 Å². The first-order chi connectivity index (χ1) is 7.91. The molecule has 0 amide bonds. The number of sulfone groups is 1. The fourth-order valence-electron chi connectivity index (χ4n) is 1.57. The van der Waals surface area contributed by atoms with Gasteiger partial charge in [-0.25, -0.2) is 8.42 Å². The zero-order valence-electron chi connectivity index (χ0n) is 9.09.